The van der Waals surface area contributed by atoms with Crippen LogP contribution in [0.1, 0.15) is 5.56 Å². The predicted octanol–water partition coefficient (Wildman–Crippen LogP) is 2.67. The maximum Gasteiger partial charge on any atom is 0.224 e. The molecule has 2 aromatic rings. The highest BCUT2D eigenvalue weighted by molar-refractivity contribution is 5.85. The Bertz CT molecular complexity index is 588. The second-order valence-corrected chi connectivity index (χ2v) is 5.33. The van der Waals surface area contributed by atoms with Gasteiger partial charge in [-0.25, -0.2) is 0 Å². The topological polar surface area (TPSA) is 50.4 Å². The van der Waals surface area contributed by atoms with Gasteiger partial charge in [-0.15, -0.1) is 12.4 Å². The van der Waals surface area contributed by atoms with Gasteiger partial charge in [0, 0.05) is 26.7 Å². The highest BCUT2D eigenvalue weighted by Gasteiger charge is 2.03. The first-order valence-electron chi connectivity index (χ1n) is 7.90. The molecule has 0 aromatic heterocycles. The second kappa shape index (κ2) is 11.6. The van der Waals surface area contributed by atoms with Gasteiger partial charge in [0.1, 0.15) is 0 Å². The summed E-state index contributed by atoms with van der Waals surface area (Å²) in [6.45, 7) is 2.86. The van der Waals surface area contributed by atoms with Crippen molar-refractivity contribution in [2.75, 3.05) is 33.4 Å². The molecule has 0 spiro atoms. The van der Waals surface area contributed by atoms with Crippen LogP contribution < -0.4 is 10.6 Å². The third kappa shape index (κ3) is 7.13. The third-order valence-corrected chi connectivity index (χ3v) is 3.53. The number of hydrogen-bond donors (Lipinski definition) is 2. The van der Waals surface area contributed by atoms with Crippen molar-refractivity contribution >= 4 is 18.3 Å². The van der Waals surface area contributed by atoms with Crippen molar-refractivity contribution in [2.45, 2.75) is 6.42 Å². The molecule has 2 aromatic carbocycles. The van der Waals surface area contributed by atoms with Crippen molar-refractivity contribution < 1.29 is 9.53 Å². The van der Waals surface area contributed by atoms with Crippen molar-refractivity contribution in [1.82, 2.24) is 10.6 Å². The van der Waals surface area contributed by atoms with Crippen LogP contribution in [0.15, 0.2) is 54.6 Å². The van der Waals surface area contributed by atoms with Crippen molar-refractivity contribution in [1.29, 1.82) is 0 Å². The van der Waals surface area contributed by atoms with Crippen LogP contribution in [0.2, 0.25) is 0 Å². The smallest absolute Gasteiger partial charge is 0.224 e. The molecular weight excluding hydrogens is 324 g/mol. The first-order chi connectivity index (χ1) is 11.3. The molecule has 0 aliphatic heterocycles. The van der Waals surface area contributed by atoms with Gasteiger partial charge in [-0.1, -0.05) is 54.6 Å². The molecule has 1 amide bonds. The predicted molar refractivity (Wildman–Crippen MR) is 101 cm³/mol. The first-order valence-corrected chi connectivity index (χ1v) is 7.90. The standard InChI is InChI=1S/C19H24N2O2.ClH/c1-23-14-13-20-11-12-21-19(22)15-16-7-9-18(10-8-16)17-5-3-2-4-6-17;/h2-10,20H,11-15H2,1H3,(H,21,22);1H. The van der Waals surface area contributed by atoms with E-state index in [0.717, 1.165) is 24.2 Å². The van der Waals surface area contributed by atoms with Crippen LogP contribution in [0.25, 0.3) is 11.1 Å². The summed E-state index contributed by atoms with van der Waals surface area (Å²) in [6, 6.07) is 18.4. The Labute approximate surface area is 150 Å². The summed E-state index contributed by atoms with van der Waals surface area (Å²) < 4.78 is 4.94. The lowest BCUT2D eigenvalue weighted by Gasteiger charge is -2.07. The highest BCUT2D eigenvalue weighted by Crippen LogP contribution is 2.19. The molecule has 0 saturated heterocycles. The second-order valence-electron chi connectivity index (χ2n) is 5.33. The lowest BCUT2D eigenvalue weighted by Crippen LogP contribution is -2.33. The van der Waals surface area contributed by atoms with E-state index in [9.17, 15) is 4.79 Å². The number of carbonyl (C=O) groups excluding carboxylic acids is 1. The van der Waals surface area contributed by atoms with E-state index >= 15 is 0 Å². The molecule has 5 heteroatoms. The molecule has 0 bridgehead atoms. The Morgan fingerprint density at radius 3 is 2.25 bits per heavy atom. The lowest BCUT2D eigenvalue weighted by atomic mass is 10.0. The van der Waals surface area contributed by atoms with Gasteiger partial charge in [-0.3, -0.25) is 4.79 Å². The quantitative estimate of drug-likeness (QED) is 0.685. The van der Waals surface area contributed by atoms with Crippen LogP contribution in [0.5, 0.6) is 0 Å². The largest absolute Gasteiger partial charge is 0.383 e. The summed E-state index contributed by atoms with van der Waals surface area (Å²) in [5, 5.41) is 6.10. The van der Waals surface area contributed by atoms with E-state index in [1.807, 2.05) is 30.3 Å². The minimum absolute atomic E-state index is 0. The minimum atomic E-state index is 0. The zero-order valence-corrected chi connectivity index (χ0v) is 14.8. The average Bonchev–Trinajstić information content (AvgIpc) is 2.59. The number of nitrogens with one attached hydrogen (secondary N) is 2. The third-order valence-electron chi connectivity index (χ3n) is 3.53. The summed E-state index contributed by atoms with van der Waals surface area (Å²) >= 11 is 0. The average molecular weight is 349 g/mol. The molecule has 2 N–H and O–H groups in total. The summed E-state index contributed by atoms with van der Waals surface area (Å²) in [4.78, 5) is 11.9. The number of methoxy groups -OCH3 is 1. The molecular formula is C19H25ClN2O2. The number of carbonyl (C=O) groups is 1. The SMILES string of the molecule is COCCNCCNC(=O)Cc1ccc(-c2ccccc2)cc1.Cl. The Morgan fingerprint density at radius 1 is 0.917 bits per heavy atom. The van der Waals surface area contributed by atoms with E-state index in [1.54, 1.807) is 7.11 Å². The Hall–Kier alpha value is -1.88. The lowest BCUT2D eigenvalue weighted by molar-refractivity contribution is -0.120. The molecule has 130 valence electrons. The van der Waals surface area contributed by atoms with Gasteiger partial charge in [0.25, 0.3) is 0 Å². The Morgan fingerprint density at radius 2 is 1.58 bits per heavy atom. The minimum Gasteiger partial charge on any atom is -0.383 e. The van der Waals surface area contributed by atoms with Crippen molar-refractivity contribution in [2.24, 2.45) is 0 Å². The number of halogens is 1. The molecule has 0 unspecified atom stereocenters. The van der Waals surface area contributed by atoms with Crippen LogP contribution in [0.4, 0.5) is 0 Å². The fourth-order valence-electron chi connectivity index (χ4n) is 2.28. The van der Waals surface area contributed by atoms with Crippen LogP contribution in [-0.2, 0) is 16.0 Å². The van der Waals surface area contributed by atoms with Gasteiger partial charge in [0.2, 0.25) is 5.91 Å². The molecule has 0 radical (unpaired) electrons. The maximum atomic E-state index is 11.9. The molecule has 0 fully saturated rings. The van der Waals surface area contributed by atoms with Crippen molar-refractivity contribution in [3.05, 3.63) is 60.2 Å². The fraction of sp³-hybridized carbons (Fsp3) is 0.316. The van der Waals surface area contributed by atoms with E-state index in [1.165, 1.54) is 5.56 Å². The van der Waals surface area contributed by atoms with E-state index < -0.39 is 0 Å². The van der Waals surface area contributed by atoms with Gasteiger partial charge in [0.05, 0.1) is 13.0 Å². The summed E-state index contributed by atoms with van der Waals surface area (Å²) in [7, 11) is 1.67. The summed E-state index contributed by atoms with van der Waals surface area (Å²) in [5.41, 5.74) is 3.37. The van der Waals surface area contributed by atoms with Crippen LogP contribution >= 0.6 is 12.4 Å². The normalized spacial score (nSPS) is 10.0. The van der Waals surface area contributed by atoms with Crippen molar-refractivity contribution in [3.8, 4) is 11.1 Å². The monoisotopic (exact) mass is 348 g/mol. The zero-order valence-electron chi connectivity index (χ0n) is 14.0. The number of ether oxygens (including phenoxy) is 1. The fourth-order valence-corrected chi connectivity index (χ4v) is 2.28. The molecule has 0 atom stereocenters. The molecule has 2 rings (SSSR count). The van der Waals surface area contributed by atoms with Gasteiger partial charge >= 0.3 is 0 Å². The van der Waals surface area contributed by atoms with Crippen LogP contribution in [-0.4, -0.2) is 39.3 Å². The van der Waals surface area contributed by atoms with Gasteiger partial charge < -0.3 is 15.4 Å². The Balaban J connectivity index is 0.00000288. The molecule has 24 heavy (non-hydrogen) atoms. The van der Waals surface area contributed by atoms with Gasteiger partial charge in [-0.2, -0.15) is 0 Å². The Kier molecular flexibility index (Phi) is 9.77. The molecule has 4 nitrogen and oxygen atoms in total. The van der Waals surface area contributed by atoms with E-state index in [2.05, 4.69) is 34.9 Å². The van der Waals surface area contributed by atoms with Crippen LogP contribution in [0.3, 0.4) is 0 Å². The zero-order chi connectivity index (χ0) is 16.3. The van der Waals surface area contributed by atoms with Gasteiger partial charge in [0.15, 0.2) is 0 Å². The first kappa shape index (κ1) is 20.2. The van der Waals surface area contributed by atoms with E-state index in [0.29, 0.717) is 19.6 Å². The van der Waals surface area contributed by atoms with Crippen molar-refractivity contribution in [3.63, 3.8) is 0 Å². The number of hydrogen-bond acceptors (Lipinski definition) is 3. The molecule has 0 aliphatic rings. The number of rotatable bonds is 9. The highest BCUT2D eigenvalue weighted by atomic mass is 35.5. The van der Waals surface area contributed by atoms with Gasteiger partial charge in [-0.05, 0) is 16.7 Å². The van der Waals surface area contributed by atoms with E-state index in [4.69, 9.17) is 4.74 Å². The van der Waals surface area contributed by atoms with Crippen LogP contribution in [0, 0.1) is 0 Å². The molecule has 0 heterocycles. The summed E-state index contributed by atoms with van der Waals surface area (Å²) in [6.07, 6.45) is 0.410. The number of amides is 1. The number of benzene rings is 2. The molecule has 0 aliphatic carbocycles. The van der Waals surface area contributed by atoms with E-state index in [-0.39, 0.29) is 18.3 Å². The summed E-state index contributed by atoms with van der Waals surface area (Å²) in [5.74, 6) is 0.0472. The molecule has 0 saturated carbocycles. The maximum absolute atomic E-state index is 11.9.